The maximum atomic E-state index is 13.6. The summed E-state index contributed by atoms with van der Waals surface area (Å²) in [7, 11) is 0. The number of hydrogen-bond acceptors (Lipinski definition) is 4. The fraction of sp³-hybridized carbons (Fsp3) is 0.529. The monoisotopic (exact) mass is 415 g/mol. The topological polar surface area (TPSA) is 84.7 Å². The Labute approximate surface area is 155 Å². The van der Waals surface area contributed by atoms with E-state index in [0.29, 0.717) is 17.6 Å². The minimum absolute atomic E-state index is 0.0455. The van der Waals surface area contributed by atoms with Crippen molar-refractivity contribution in [3.05, 3.63) is 28.5 Å². The molecule has 0 aliphatic carbocycles. The first-order valence-electron chi connectivity index (χ1n) is 8.32. The van der Waals surface area contributed by atoms with Crippen LogP contribution in [0.2, 0.25) is 0 Å². The van der Waals surface area contributed by atoms with E-state index >= 15 is 0 Å². The lowest BCUT2D eigenvalue weighted by atomic mass is 9.97. The standard InChI is InChI=1S/C17H23BrFN3O3/c18-13-4-5-15(14(19)9-13)25-11-16(23)21-6-2-8-22-7-1-3-12(10-22)17(20)24/h4-5,9,12H,1-3,6-8,10-11H2,(H2,20,24)(H,21,23). The number of amides is 2. The second-order valence-electron chi connectivity index (χ2n) is 6.11. The normalized spacial score (nSPS) is 17.9. The molecule has 25 heavy (non-hydrogen) atoms. The van der Waals surface area contributed by atoms with Gasteiger partial charge < -0.3 is 20.7 Å². The Balaban J connectivity index is 1.61. The van der Waals surface area contributed by atoms with Gasteiger partial charge in [0.1, 0.15) is 0 Å². The number of nitrogens with two attached hydrogens (primary N) is 1. The maximum Gasteiger partial charge on any atom is 0.257 e. The van der Waals surface area contributed by atoms with Crippen LogP contribution < -0.4 is 15.8 Å². The molecule has 1 heterocycles. The van der Waals surface area contributed by atoms with Crippen LogP contribution in [0.3, 0.4) is 0 Å². The van der Waals surface area contributed by atoms with Crippen molar-refractivity contribution in [1.82, 2.24) is 10.2 Å². The van der Waals surface area contributed by atoms with Crippen LogP contribution in [0.5, 0.6) is 5.75 Å². The molecular formula is C17H23BrFN3O3. The van der Waals surface area contributed by atoms with E-state index in [1.165, 1.54) is 12.1 Å². The lowest BCUT2D eigenvalue weighted by Crippen LogP contribution is -2.42. The lowest BCUT2D eigenvalue weighted by Gasteiger charge is -2.31. The van der Waals surface area contributed by atoms with Gasteiger partial charge in [0.15, 0.2) is 18.2 Å². The molecule has 6 nitrogen and oxygen atoms in total. The predicted octanol–water partition coefficient (Wildman–Crippen LogP) is 1.67. The number of piperidine rings is 1. The Kier molecular flexibility index (Phi) is 7.64. The van der Waals surface area contributed by atoms with E-state index in [9.17, 15) is 14.0 Å². The van der Waals surface area contributed by atoms with Crippen molar-refractivity contribution in [1.29, 1.82) is 0 Å². The predicted molar refractivity (Wildman–Crippen MR) is 95.6 cm³/mol. The van der Waals surface area contributed by atoms with Crippen molar-refractivity contribution in [2.45, 2.75) is 19.3 Å². The molecule has 0 radical (unpaired) electrons. The molecule has 0 saturated carbocycles. The van der Waals surface area contributed by atoms with Gasteiger partial charge in [-0.05, 0) is 50.6 Å². The van der Waals surface area contributed by atoms with E-state index in [1.54, 1.807) is 6.07 Å². The van der Waals surface area contributed by atoms with Crippen molar-refractivity contribution < 1.29 is 18.7 Å². The molecular weight excluding hydrogens is 393 g/mol. The summed E-state index contributed by atoms with van der Waals surface area (Å²) in [6.45, 7) is 2.71. The zero-order valence-electron chi connectivity index (χ0n) is 14.0. The van der Waals surface area contributed by atoms with Crippen LogP contribution in [0.25, 0.3) is 0 Å². The number of nitrogens with one attached hydrogen (secondary N) is 1. The average Bonchev–Trinajstić information content (AvgIpc) is 2.58. The van der Waals surface area contributed by atoms with Gasteiger partial charge in [-0.25, -0.2) is 4.39 Å². The first kappa shape index (κ1) is 19.7. The third-order valence-corrected chi connectivity index (χ3v) is 4.63. The molecule has 1 fully saturated rings. The largest absolute Gasteiger partial charge is 0.481 e. The Hall–Kier alpha value is -1.67. The molecule has 3 N–H and O–H groups in total. The number of carbonyl (C=O) groups is 2. The molecule has 8 heteroatoms. The number of primary amides is 1. The molecule has 0 aromatic heterocycles. The van der Waals surface area contributed by atoms with Gasteiger partial charge in [-0.15, -0.1) is 0 Å². The highest BCUT2D eigenvalue weighted by Gasteiger charge is 2.23. The molecule has 2 amide bonds. The van der Waals surface area contributed by atoms with Crippen LogP contribution in [0.15, 0.2) is 22.7 Å². The van der Waals surface area contributed by atoms with Crippen LogP contribution in [-0.2, 0) is 9.59 Å². The highest BCUT2D eigenvalue weighted by atomic mass is 79.9. The minimum atomic E-state index is -0.517. The number of rotatable bonds is 8. The van der Waals surface area contributed by atoms with Crippen LogP contribution in [0.1, 0.15) is 19.3 Å². The molecule has 138 valence electrons. The van der Waals surface area contributed by atoms with Gasteiger partial charge in [-0.1, -0.05) is 15.9 Å². The molecule has 1 aromatic carbocycles. The third-order valence-electron chi connectivity index (χ3n) is 4.13. The molecule has 2 rings (SSSR count). The smallest absolute Gasteiger partial charge is 0.257 e. The lowest BCUT2D eigenvalue weighted by molar-refractivity contribution is -0.123. The SMILES string of the molecule is NC(=O)C1CCCN(CCCNC(=O)COc2ccc(Br)cc2F)C1. The van der Waals surface area contributed by atoms with E-state index in [-0.39, 0.29) is 30.1 Å². The molecule has 1 atom stereocenters. The van der Waals surface area contributed by atoms with E-state index in [2.05, 4.69) is 26.1 Å². The van der Waals surface area contributed by atoms with E-state index in [4.69, 9.17) is 10.5 Å². The first-order valence-corrected chi connectivity index (χ1v) is 9.11. The fourth-order valence-corrected chi connectivity index (χ4v) is 3.14. The third kappa shape index (κ3) is 6.62. The Morgan fingerprint density at radius 3 is 2.96 bits per heavy atom. The summed E-state index contributed by atoms with van der Waals surface area (Å²) in [5.41, 5.74) is 5.36. The highest BCUT2D eigenvalue weighted by Crippen LogP contribution is 2.21. The molecule has 0 bridgehead atoms. The summed E-state index contributed by atoms with van der Waals surface area (Å²) in [6, 6.07) is 4.40. The van der Waals surface area contributed by atoms with Gasteiger partial charge in [0.05, 0.1) is 5.92 Å². The van der Waals surface area contributed by atoms with Gasteiger partial charge in [0, 0.05) is 17.6 Å². The number of nitrogens with zero attached hydrogens (tertiary/aromatic N) is 1. The second kappa shape index (κ2) is 9.72. The van der Waals surface area contributed by atoms with Gasteiger partial charge in [-0.3, -0.25) is 9.59 Å². The summed E-state index contributed by atoms with van der Waals surface area (Å²) in [6.07, 6.45) is 2.59. The van der Waals surface area contributed by atoms with Crippen molar-refractivity contribution >= 4 is 27.7 Å². The van der Waals surface area contributed by atoms with Crippen molar-refractivity contribution in [2.24, 2.45) is 11.7 Å². The molecule has 1 aliphatic rings. The van der Waals surface area contributed by atoms with Crippen LogP contribution in [0, 0.1) is 11.7 Å². The number of ether oxygens (including phenoxy) is 1. The van der Waals surface area contributed by atoms with E-state index < -0.39 is 5.82 Å². The van der Waals surface area contributed by atoms with Crippen molar-refractivity contribution in [3.63, 3.8) is 0 Å². The molecule has 0 spiro atoms. The van der Waals surface area contributed by atoms with Crippen LogP contribution in [-0.4, -0.2) is 49.5 Å². The van der Waals surface area contributed by atoms with Gasteiger partial charge in [0.2, 0.25) is 5.91 Å². The minimum Gasteiger partial charge on any atom is -0.481 e. The molecule has 1 unspecified atom stereocenters. The second-order valence-corrected chi connectivity index (χ2v) is 7.02. The van der Waals surface area contributed by atoms with E-state index in [1.807, 2.05) is 0 Å². The Morgan fingerprint density at radius 2 is 2.24 bits per heavy atom. The summed E-state index contributed by atoms with van der Waals surface area (Å²) in [5.74, 6) is -1.08. The summed E-state index contributed by atoms with van der Waals surface area (Å²) in [4.78, 5) is 25.2. The van der Waals surface area contributed by atoms with Crippen LogP contribution >= 0.6 is 15.9 Å². The zero-order chi connectivity index (χ0) is 18.2. The molecule has 1 aliphatic heterocycles. The number of halogens is 2. The van der Waals surface area contributed by atoms with Gasteiger partial charge >= 0.3 is 0 Å². The van der Waals surface area contributed by atoms with Crippen molar-refractivity contribution in [2.75, 3.05) is 32.8 Å². The Bertz CT molecular complexity index is 615. The van der Waals surface area contributed by atoms with E-state index in [0.717, 1.165) is 32.4 Å². The quantitative estimate of drug-likeness (QED) is 0.632. The summed E-state index contributed by atoms with van der Waals surface area (Å²) < 4.78 is 19.4. The summed E-state index contributed by atoms with van der Waals surface area (Å²) >= 11 is 3.16. The summed E-state index contributed by atoms with van der Waals surface area (Å²) in [5, 5.41) is 2.74. The molecule has 1 saturated heterocycles. The number of likely N-dealkylation sites (tertiary alicyclic amines) is 1. The number of hydrogen-bond donors (Lipinski definition) is 2. The van der Waals surface area contributed by atoms with Gasteiger partial charge in [0.25, 0.3) is 5.91 Å². The fourth-order valence-electron chi connectivity index (χ4n) is 2.81. The first-order chi connectivity index (χ1) is 12.0. The Morgan fingerprint density at radius 1 is 1.44 bits per heavy atom. The highest BCUT2D eigenvalue weighted by molar-refractivity contribution is 9.10. The van der Waals surface area contributed by atoms with Gasteiger partial charge in [-0.2, -0.15) is 0 Å². The zero-order valence-corrected chi connectivity index (χ0v) is 15.6. The number of carbonyl (C=O) groups excluding carboxylic acids is 2. The van der Waals surface area contributed by atoms with Crippen molar-refractivity contribution in [3.8, 4) is 5.75 Å². The number of benzene rings is 1. The molecule has 1 aromatic rings. The average molecular weight is 416 g/mol. The van der Waals surface area contributed by atoms with Crippen LogP contribution in [0.4, 0.5) is 4.39 Å². The maximum absolute atomic E-state index is 13.6.